The quantitative estimate of drug-likeness (QED) is 0.237. The Balaban J connectivity index is 0.00000625. The van der Waals surface area contributed by atoms with Gasteiger partial charge in [0.2, 0.25) is 0 Å². The minimum absolute atomic E-state index is 0. The molecule has 1 aromatic carbocycles. The molecule has 0 radical (unpaired) electrons. The van der Waals surface area contributed by atoms with Gasteiger partial charge in [-0.25, -0.2) is 0 Å². The van der Waals surface area contributed by atoms with Gasteiger partial charge in [-0.2, -0.15) is 13.5 Å². The molecule has 0 atom stereocenters. The number of hydrogen-bond acceptors (Lipinski definition) is 0. The van der Waals surface area contributed by atoms with E-state index in [1.165, 1.54) is 115 Å². The molecular weight excluding hydrogens is 332 g/mol. The van der Waals surface area contributed by atoms with Gasteiger partial charge in [0.15, 0.2) is 0 Å². The highest BCUT2D eigenvalue weighted by molar-refractivity contribution is 7.59. The second kappa shape index (κ2) is 19.3. The molecule has 0 aliphatic heterocycles. The second-order valence-electron chi connectivity index (χ2n) is 7.98. The van der Waals surface area contributed by atoms with Crippen molar-refractivity contribution in [1.82, 2.24) is 0 Å². The van der Waals surface area contributed by atoms with Crippen molar-refractivity contribution in [3.05, 3.63) is 35.4 Å². The molecule has 0 fully saturated rings. The summed E-state index contributed by atoms with van der Waals surface area (Å²) in [5.41, 5.74) is 3.01. The number of benzene rings is 1. The molecule has 0 unspecified atom stereocenters. The molecule has 0 aliphatic rings. The molecule has 0 bridgehead atoms. The summed E-state index contributed by atoms with van der Waals surface area (Å²) in [5, 5.41) is 0. The Morgan fingerprint density at radius 3 is 1.35 bits per heavy atom. The summed E-state index contributed by atoms with van der Waals surface area (Å²) < 4.78 is 0. The Labute approximate surface area is 172 Å². The molecule has 0 heterocycles. The normalized spacial score (nSPS) is 10.7. The van der Waals surface area contributed by atoms with Gasteiger partial charge in [-0.1, -0.05) is 128 Å². The van der Waals surface area contributed by atoms with E-state index in [0.717, 1.165) is 0 Å². The number of unbranched alkanes of at least 4 members (excludes halogenated alkanes) is 15. The number of rotatable bonds is 17. The third-order valence-corrected chi connectivity index (χ3v) is 5.56. The van der Waals surface area contributed by atoms with Crippen LogP contribution < -0.4 is 0 Å². The summed E-state index contributed by atoms with van der Waals surface area (Å²) in [6.07, 6.45) is 24.4. The molecular formula is C25H46S. The third-order valence-electron chi connectivity index (χ3n) is 5.56. The molecule has 26 heavy (non-hydrogen) atoms. The molecule has 0 N–H and O–H groups in total. The van der Waals surface area contributed by atoms with Crippen LogP contribution in [0.2, 0.25) is 0 Å². The van der Waals surface area contributed by atoms with Crippen molar-refractivity contribution in [2.24, 2.45) is 0 Å². The first-order valence-corrected chi connectivity index (χ1v) is 11.4. The summed E-state index contributed by atoms with van der Waals surface area (Å²) in [5.74, 6) is 0. The Hall–Kier alpha value is -0.430. The zero-order valence-corrected chi connectivity index (χ0v) is 18.8. The number of aryl methyl sites for hydroxylation is 2. The average molecular weight is 379 g/mol. The fraction of sp³-hybridized carbons (Fsp3) is 0.760. The summed E-state index contributed by atoms with van der Waals surface area (Å²) in [4.78, 5) is 0. The van der Waals surface area contributed by atoms with Crippen molar-refractivity contribution in [2.75, 3.05) is 0 Å². The van der Waals surface area contributed by atoms with E-state index in [2.05, 4.69) is 38.1 Å². The standard InChI is InChI=1S/C25H44.H2S/c1-3-4-5-6-7-8-9-10-11-12-13-14-15-16-17-18-22-25-23-20-19-21-24(25)2;/h19-21,23H,3-18,22H2,1-2H3;1H2. The van der Waals surface area contributed by atoms with Crippen molar-refractivity contribution in [3.8, 4) is 0 Å². The summed E-state index contributed by atoms with van der Waals surface area (Å²) in [7, 11) is 0. The van der Waals surface area contributed by atoms with Crippen LogP contribution in [0.3, 0.4) is 0 Å². The van der Waals surface area contributed by atoms with Gasteiger partial charge in [-0.3, -0.25) is 0 Å². The maximum atomic E-state index is 2.30. The maximum absolute atomic E-state index is 2.30. The van der Waals surface area contributed by atoms with Crippen molar-refractivity contribution >= 4 is 13.5 Å². The largest absolute Gasteiger partial charge is 0.197 e. The lowest BCUT2D eigenvalue weighted by Gasteiger charge is -2.05. The molecule has 0 saturated heterocycles. The van der Waals surface area contributed by atoms with Gasteiger partial charge in [0.05, 0.1) is 0 Å². The number of hydrogen-bond donors (Lipinski definition) is 0. The van der Waals surface area contributed by atoms with Crippen molar-refractivity contribution < 1.29 is 0 Å². The van der Waals surface area contributed by atoms with Crippen LogP contribution in [-0.2, 0) is 6.42 Å². The van der Waals surface area contributed by atoms with Crippen LogP contribution in [-0.4, -0.2) is 0 Å². The third kappa shape index (κ3) is 14.7. The zero-order chi connectivity index (χ0) is 18.0. The smallest absolute Gasteiger partial charge is 0.0276 e. The molecule has 152 valence electrons. The average Bonchev–Trinajstić information content (AvgIpc) is 2.63. The molecule has 0 spiro atoms. The molecule has 0 nitrogen and oxygen atoms in total. The highest BCUT2D eigenvalue weighted by Gasteiger charge is 1.97. The minimum Gasteiger partial charge on any atom is -0.197 e. The minimum atomic E-state index is 0. The highest BCUT2D eigenvalue weighted by atomic mass is 32.1. The van der Waals surface area contributed by atoms with E-state index >= 15 is 0 Å². The first kappa shape index (κ1) is 25.6. The molecule has 0 saturated carbocycles. The van der Waals surface area contributed by atoms with Crippen LogP contribution in [0.15, 0.2) is 24.3 Å². The van der Waals surface area contributed by atoms with E-state index in [1.807, 2.05) is 0 Å². The lowest BCUT2D eigenvalue weighted by atomic mass is 10.0. The Bertz CT molecular complexity index is 399. The Morgan fingerprint density at radius 2 is 0.923 bits per heavy atom. The predicted octanol–water partition coefficient (Wildman–Crippen LogP) is 8.91. The first-order valence-electron chi connectivity index (χ1n) is 11.4. The van der Waals surface area contributed by atoms with Gasteiger partial charge < -0.3 is 0 Å². The molecule has 0 amide bonds. The van der Waals surface area contributed by atoms with E-state index in [4.69, 9.17) is 0 Å². The fourth-order valence-electron chi connectivity index (χ4n) is 3.75. The molecule has 1 rings (SSSR count). The van der Waals surface area contributed by atoms with Crippen LogP contribution in [0.5, 0.6) is 0 Å². The van der Waals surface area contributed by atoms with E-state index in [1.54, 1.807) is 5.56 Å². The molecule has 0 aromatic heterocycles. The van der Waals surface area contributed by atoms with Crippen LogP contribution in [0, 0.1) is 6.92 Å². The lowest BCUT2D eigenvalue weighted by molar-refractivity contribution is 0.529. The van der Waals surface area contributed by atoms with E-state index in [-0.39, 0.29) is 13.5 Å². The first-order chi connectivity index (χ1) is 12.3. The van der Waals surface area contributed by atoms with Crippen LogP contribution >= 0.6 is 13.5 Å². The second-order valence-corrected chi connectivity index (χ2v) is 7.98. The SMILES string of the molecule is CCCCCCCCCCCCCCCCCCc1ccccc1C.S. The van der Waals surface area contributed by atoms with E-state index in [9.17, 15) is 0 Å². The van der Waals surface area contributed by atoms with Gasteiger partial charge >= 0.3 is 0 Å². The fourth-order valence-corrected chi connectivity index (χ4v) is 3.75. The lowest BCUT2D eigenvalue weighted by Crippen LogP contribution is -1.89. The van der Waals surface area contributed by atoms with E-state index < -0.39 is 0 Å². The molecule has 1 heteroatoms. The maximum Gasteiger partial charge on any atom is -0.0276 e. The van der Waals surface area contributed by atoms with Gasteiger partial charge in [0.1, 0.15) is 0 Å². The Morgan fingerprint density at radius 1 is 0.538 bits per heavy atom. The predicted molar refractivity (Wildman–Crippen MR) is 125 cm³/mol. The van der Waals surface area contributed by atoms with Gasteiger partial charge in [-0.15, -0.1) is 0 Å². The van der Waals surface area contributed by atoms with Crippen LogP contribution in [0.4, 0.5) is 0 Å². The van der Waals surface area contributed by atoms with Gasteiger partial charge in [0, 0.05) is 0 Å². The van der Waals surface area contributed by atoms with Crippen LogP contribution in [0.25, 0.3) is 0 Å². The summed E-state index contributed by atoms with van der Waals surface area (Å²) in [6.45, 7) is 4.54. The van der Waals surface area contributed by atoms with Gasteiger partial charge in [-0.05, 0) is 30.9 Å². The van der Waals surface area contributed by atoms with Crippen molar-refractivity contribution in [1.29, 1.82) is 0 Å². The van der Waals surface area contributed by atoms with Gasteiger partial charge in [0.25, 0.3) is 0 Å². The molecule has 1 aromatic rings. The van der Waals surface area contributed by atoms with Crippen molar-refractivity contribution in [2.45, 2.75) is 123 Å². The van der Waals surface area contributed by atoms with E-state index in [0.29, 0.717) is 0 Å². The highest BCUT2D eigenvalue weighted by Crippen LogP contribution is 2.15. The Kier molecular flexibility index (Phi) is 19.0. The summed E-state index contributed by atoms with van der Waals surface area (Å²) >= 11 is 0. The monoisotopic (exact) mass is 378 g/mol. The topological polar surface area (TPSA) is 0 Å². The molecule has 0 aliphatic carbocycles. The van der Waals surface area contributed by atoms with Crippen LogP contribution in [0.1, 0.15) is 121 Å². The summed E-state index contributed by atoms with van der Waals surface area (Å²) in [6, 6.07) is 8.85. The zero-order valence-electron chi connectivity index (χ0n) is 17.8. The van der Waals surface area contributed by atoms with Crippen molar-refractivity contribution in [3.63, 3.8) is 0 Å².